The van der Waals surface area contributed by atoms with Crippen LogP contribution in [0.1, 0.15) is 5.56 Å². The van der Waals surface area contributed by atoms with Crippen LogP contribution in [0.25, 0.3) is 0 Å². The standard InChI is InChI=1S/C10H13ClFNO2/c1-13-4-3-6-9(12)8(15-2)5-7(11)10(6)14/h5,13-14H,3-4H2,1-2H3. The fourth-order valence-corrected chi connectivity index (χ4v) is 1.48. The Morgan fingerprint density at radius 3 is 2.80 bits per heavy atom. The van der Waals surface area contributed by atoms with Gasteiger partial charge in [0, 0.05) is 11.6 Å². The van der Waals surface area contributed by atoms with Gasteiger partial charge in [-0.15, -0.1) is 0 Å². The molecule has 0 aliphatic carbocycles. The van der Waals surface area contributed by atoms with E-state index in [0.29, 0.717) is 13.0 Å². The molecule has 1 aromatic rings. The lowest BCUT2D eigenvalue weighted by Gasteiger charge is -2.11. The first-order chi connectivity index (χ1) is 7.11. The number of halogens is 2. The molecule has 1 rings (SSSR count). The van der Waals surface area contributed by atoms with E-state index in [0.717, 1.165) is 0 Å². The molecule has 0 fully saturated rings. The molecular weight excluding hydrogens is 221 g/mol. The van der Waals surface area contributed by atoms with Gasteiger partial charge in [0.05, 0.1) is 12.1 Å². The number of hydrogen-bond acceptors (Lipinski definition) is 3. The fourth-order valence-electron chi connectivity index (χ4n) is 1.27. The van der Waals surface area contributed by atoms with Crippen molar-refractivity contribution in [3.05, 3.63) is 22.5 Å². The van der Waals surface area contributed by atoms with Gasteiger partial charge in [0.1, 0.15) is 5.75 Å². The molecule has 0 radical (unpaired) electrons. The monoisotopic (exact) mass is 233 g/mol. The van der Waals surface area contributed by atoms with E-state index in [9.17, 15) is 9.50 Å². The van der Waals surface area contributed by atoms with E-state index in [-0.39, 0.29) is 22.1 Å². The molecule has 0 saturated carbocycles. The molecule has 0 saturated heterocycles. The van der Waals surface area contributed by atoms with Crippen LogP contribution >= 0.6 is 11.6 Å². The molecule has 0 heterocycles. The number of likely N-dealkylation sites (N-methyl/N-ethyl adjacent to an activating group) is 1. The zero-order valence-electron chi connectivity index (χ0n) is 8.60. The highest BCUT2D eigenvalue weighted by Crippen LogP contribution is 2.35. The number of nitrogens with one attached hydrogen (secondary N) is 1. The van der Waals surface area contributed by atoms with Crippen molar-refractivity contribution in [2.45, 2.75) is 6.42 Å². The Morgan fingerprint density at radius 1 is 1.60 bits per heavy atom. The second-order valence-electron chi connectivity index (χ2n) is 3.06. The predicted molar refractivity (Wildman–Crippen MR) is 57.3 cm³/mol. The van der Waals surface area contributed by atoms with E-state index in [1.165, 1.54) is 13.2 Å². The van der Waals surface area contributed by atoms with E-state index in [1.807, 2.05) is 0 Å². The second kappa shape index (κ2) is 5.19. The third-order valence-corrected chi connectivity index (χ3v) is 2.38. The first-order valence-electron chi connectivity index (χ1n) is 4.50. The fraction of sp³-hybridized carbons (Fsp3) is 0.400. The first kappa shape index (κ1) is 12.1. The van der Waals surface area contributed by atoms with Gasteiger partial charge < -0.3 is 15.2 Å². The summed E-state index contributed by atoms with van der Waals surface area (Å²) in [6.07, 6.45) is 0.352. The predicted octanol–water partition coefficient (Wildman–Crippen LogP) is 1.96. The van der Waals surface area contributed by atoms with Crippen LogP contribution < -0.4 is 10.1 Å². The molecule has 0 spiro atoms. The molecule has 15 heavy (non-hydrogen) atoms. The Hall–Kier alpha value is -1.00. The van der Waals surface area contributed by atoms with Gasteiger partial charge in [-0.2, -0.15) is 0 Å². The molecular formula is C10H13ClFNO2. The smallest absolute Gasteiger partial charge is 0.172 e. The molecule has 0 aromatic heterocycles. The Morgan fingerprint density at radius 2 is 2.27 bits per heavy atom. The molecule has 3 nitrogen and oxygen atoms in total. The minimum Gasteiger partial charge on any atom is -0.506 e. The van der Waals surface area contributed by atoms with Crippen molar-refractivity contribution in [3.63, 3.8) is 0 Å². The molecule has 0 amide bonds. The van der Waals surface area contributed by atoms with Crippen molar-refractivity contribution in [1.29, 1.82) is 0 Å². The van der Waals surface area contributed by atoms with Crippen LogP contribution in [-0.2, 0) is 6.42 Å². The zero-order valence-corrected chi connectivity index (χ0v) is 9.36. The molecule has 5 heteroatoms. The summed E-state index contributed by atoms with van der Waals surface area (Å²) in [7, 11) is 3.10. The van der Waals surface area contributed by atoms with E-state index in [1.54, 1.807) is 7.05 Å². The third-order valence-electron chi connectivity index (χ3n) is 2.10. The van der Waals surface area contributed by atoms with E-state index < -0.39 is 5.82 Å². The summed E-state index contributed by atoms with van der Waals surface area (Å²) in [5.41, 5.74) is 0.175. The summed E-state index contributed by atoms with van der Waals surface area (Å²) < 4.78 is 18.5. The summed E-state index contributed by atoms with van der Waals surface area (Å²) in [6.45, 7) is 0.550. The number of phenols is 1. The highest BCUT2D eigenvalue weighted by atomic mass is 35.5. The van der Waals surface area contributed by atoms with Crippen LogP contribution in [0, 0.1) is 5.82 Å². The van der Waals surface area contributed by atoms with Crippen molar-refractivity contribution in [1.82, 2.24) is 5.32 Å². The van der Waals surface area contributed by atoms with E-state index >= 15 is 0 Å². The lowest BCUT2D eigenvalue weighted by molar-refractivity contribution is 0.378. The number of methoxy groups -OCH3 is 1. The lowest BCUT2D eigenvalue weighted by atomic mass is 10.1. The highest BCUT2D eigenvalue weighted by molar-refractivity contribution is 6.32. The molecule has 0 bridgehead atoms. The number of ether oxygens (including phenoxy) is 1. The minimum absolute atomic E-state index is 0.0453. The summed E-state index contributed by atoms with van der Waals surface area (Å²) in [6, 6.07) is 1.26. The van der Waals surface area contributed by atoms with Gasteiger partial charge >= 0.3 is 0 Å². The van der Waals surface area contributed by atoms with Crippen LogP contribution in [0.5, 0.6) is 11.5 Å². The Labute approximate surface area is 92.8 Å². The van der Waals surface area contributed by atoms with Crippen LogP contribution in [0.15, 0.2) is 6.07 Å². The molecule has 84 valence electrons. The minimum atomic E-state index is -0.561. The van der Waals surface area contributed by atoms with Gasteiger partial charge in [-0.05, 0) is 20.0 Å². The van der Waals surface area contributed by atoms with Crippen molar-refractivity contribution < 1.29 is 14.2 Å². The summed E-state index contributed by atoms with van der Waals surface area (Å²) in [4.78, 5) is 0. The normalized spacial score (nSPS) is 10.4. The maximum absolute atomic E-state index is 13.7. The van der Waals surface area contributed by atoms with Crippen molar-refractivity contribution in [2.75, 3.05) is 20.7 Å². The van der Waals surface area contributed by atoms with Gasteiger partial charge in [0.2, 0.25) is 0 Å². The van der Waals surface area contributed by atoms with Gasteiger partial charge in [-0.25, -0.2) is 4.39 Å². The Kier molecular flexibility index (Phi) is 4.17. The highest BCUT2D eigenvalue weighted by Gasteiger charge is 2.16. The molecule has 1 aromatic carbocycles. The number of benzene rings is 1. The maximum Gasteiger partial charge on any atom is 0.172 e. The van der Waals surface area contributed by atoms with Crippen LogP contribution in [0.4, 0.5) is 4.39 Å². The average Bonchev–Trinajstić information content (AvgIpc) is 2.23. The molecule has 0 unspecified atom stereocenters. The summed E-state index contributed by atoms with van der Waals surface area (Å²) >= 11 is 5.73. The summed E-state index contributed by atoms with van der Waals surface area (Å²) in [5.74, 6) is -0.733. The van der Waals surface area contributed by atoms with Crippen molar-refractivity contribution in [2.24, 2.45) is 0 Å². The average molecular weight is 234 g/mol. The third kappa shape index (κ3) is 2.52. The van der Waals surface area contributed by atoms with Crippen LogP contribution in [0.3, 0.4) is 0 Å². The van der Waals surface area contributed by atoms with E-state index in [4.69, 9.17) is 16.3 Å². The number of phenolic OH excluding ortho intramolecular Hbond substituents is 1. The maximum atomic E-state index is 13.7. The molecule has 0 aliphatic heterocycles. The van der Waals surface area contributed by atoms with Crippen LogP contribution in [0.2, 0.25) is 5.02 Å². The summed E-state index contributed by atoms with van der Waals surface area (Å²) in [5, 5.41) is 12.5. The zero-order chi connectivity index (χ0) is 11.4. The Bertz CT molecular complexity index is 358. The number of aromatic hydroxyl groups is 1. The topological polar surface area (TPSA) is 41.5 Å². The molecule has 2 N–H and O–H groups in total. The van der Waals surface area contributed by atoms with Gasteiger partial charge in [0.15, 0.2) is 11.6 Å². The first-order valence-corrected chi connectivity index (χ1v) is 4.88. The van der Waals surface area contributed by atoms with Crippen molar-refractivity contribution >= 4 is 11.6 Å². The number of hydrogen-bond donors (Lipinski definition) is 2. The van der Waals surface area contributed by atoms with Gasteiger partial charge in [-0.3, -0.25) is 0 Å². The molecule has 0 aliphatic rings. The lowest BCUT2D eigenvalue weighted by Crippen LogP contribution is -2.11. The van der Waals surface area contributed by atoms with Gasteiger partial charge in [-0.1, -0.05) is 11.6 Å². The van der Waals surface area contributed by atoms with Gasteiger partial charge in [0.25, 0.3) is 0 Å². The van der Waals surface area contributed by atoms with Crippen LogP contribution in [-0.4, -0.2) is 25.8 Å². The SMILES string of the molecule is CNCCc1c(O)c(Cl)cc(OC)c1F. The second-order valence-corrected chi connectivity index (χ2v) is 3.46. The molecule has 0 atom stereocenters. The Balaban J connectivity index is 3.15. The van der Waals surface area contributed by atoms with E-state index in [2.05, 4.69) is 5.32 Å². The quantitative estimate of drug-likeness (QED) is 0.835. The largest absolute Gasteiger partial charge is 0.506 e. The van der Waals surface area contributed by atoms with Crippen molar-refractivity contribution in [3.8, 4) is 11.5 Å². The number of rotatable bonds is 4.